The standard InChI is InChI=1S/C11H16F3NO4/c1-4-19-10(17)6-8(11(12,13)14)15-7(2)5-9(16)18-3/h5,8,15H,4,6H2,1-3H3/b7-5+. The van der Waals surface area contributed by atoms with E-state index in [0.717, 1.165) is 13.2 Å². The number of hydrogen-bond acceptors (Lipinski definition) is 5. The zero-order chi connectivity index (χ0) is 15.1. The molecule has 0 bridgehead atoms. The fraction of sp³-hybridized carbons (Fsp3) is 0.636. The summed E-state index contributed by atoms with van der Waals surface area (Å²) in [6.45, 7) is 2.76. The van der Waals surface area contributed by atoms with Gasteiger partial charge in [0.1, 0.15) is 6.04 Å². The molecule has 0 spiro atoms. The number of allylic oxidation sites excluding steroid dienone is 1. The topological polar surface area (TPSA) is 64.6 Å². The highest BCUT2D eigenvalue weighted by Crippen LogP contribution is 2.23. The maximum atomic E-state index is 12.7. The molecular weight excluding hydrogens is 267 g/mol. The van der Waals surface area contributed by atoms with E-state index in [2.05, 4.69) is 9.47 Å². The number of alkyl halides is 3. The first-order valence-corrected chi connectivity index (χ1v) is 5.45. The summed E-state index contributed by atoms with van der Waals surface area (Å²) < 4.78 is 46.8. The lowest BCUT2D eigenvalue weighted by atomic mass is 10.2. The van der Waals surface area contributed by atoms with Crippen LogP contribution in [-0.2, 0) is 19.1 Å². The zero-order valence-electron chi connectivity index (χ0n) is 10.8. The highest BCUT2D eigenvalue weighted by atomic mass is 19.4. The molecule has 0 heterocycles. The van der Waals surface area contributed by atoms with Gasteiger partial charge in [0.25, 0.3) is 0 Å². The summed E-state index contributed by atoms with van der Waals surface area (Å²) in [5.41, 5.74) is -0.0570. The summed E-state index contributed by atoms with van der Waals surface area (Å²) in [5, 5.41) is 2.05. The van der Waals surface area contributed by atoms with Gasteiger partial charge in [-0.2, -0.15) is 13.2 Å². The predicted molar refractivity (Wildman–Crippen MR) is 60.0 cm³/mol. The fourth-order valence-corrected chi connectivity index (χ4v) is 1.19. The van der Waals surface area contributed by atoms with Gasteiger partial charge in [0, 0.05) is 11.8 Å². The van der Waals surface area contributed by atoms with Crippen LogP contribution in [0.1, 0.15) is 20.3 Å². The molecular formula is C11H16F3NO4. The molecule has 110 valence electrons. The van der Waals surface area contributed by atoms with Crippen LogP contribution in [0.3, 0.4) is 0 Å². The van der Waals surface area contributed by atoms with Gasteiger partial charge in [-0.1, -0.05) is 0 Å². The van der Waals surface area contributed by atoms with Crippen LogP contribution >= 0.6 is 0 Å². The van der Waals surface area contributed by atoms with Crippen LogP contribution in [0.2, 0.25) is 0 Å². The minimum absolute atomic E-state index is 0.000389. The van der Waals surface area contributed by atoms with Crippen molar-refractivity contribution in [3.8, 4) is 0 Å². The molecule has 0 radical (unpaired) electrons. The smallest absolute Gasteiger partial charge is 0.409 e. The van der Waals surface area contributed by atoms with Crippen LogP contribution in [-0.4, -0.2) is 37.9 Å². The van der Waals surface area contributed by atoms with E-state index >= 15 is 0 Å². The van der Waals surface area contributed by atoms with Crippen LogP contribution < -0.4 is 5.32 Å². The molecule has 8 heteroatoms. The number of hydrogen-bond donors (Lipinski definition) is 1. The number of halogens is 3. The van der Waals surface area contributed by atoms with E-state index in [1.807, 2.05) is 5.32 Å². The molecule has 0 aromatic carbocycles. The Morgan fingerprint density at radius 3 is 2.37 bits per heavy atom. The van der Waals surface area contributed by atoms with Crippen LogP contribution in [0.15, 0.2) is 11.8 Å². The molecule has 19 heavy (non-hydrogen) atoms. The van der Waals surface area contributed by atoms with Gasteiger partial charge in [-0.3, -0.25) is 4.79 Å². The number of nitrogens with one attached hydrogen (secondary N) is 1. The van der Waals surface area contributed by atoms with Crippen LogP contribution in [0, 0.1) is 0 Å². The monoisotopic (exact) mass is 283 g/mol. The van der Waals surface area contributed by atoms with Gasteiger partial charge >= 0.3 is 18.1 Å². The highest BCUT2D eigenvalue weighted by Gasteiger charge is 2.41. The van der Waals surface area contributed by atoms with E-state index in [1.165, 1.54) is 13.8 Å². The molecule has 0 amide bonds. The van der Waals surface area contributed by atoms with Gasteiger partial charge in [-0.15, -0.1) is 0 Å². The van der Waals surface area contributed by atoms with Crippen molar-refractivity contribution >= 4 is 11.9 Å². The first kappa shape index (κ1) is 17.3. The molecule has 0 aliphatic rings. The highest BCUT2D eigenvalue weighted by molar-refractivity contribution is 5.82. The third kappa shape index (κ3) is 7.32. The third-order valence-electron chi connectivity index (χ3n) is 2.01. The largest absolute Gasteiger partial charge is 0.466 e. The SMILES string of the molecule is CCOC(=O)CC(N/C(C)=C/C(=O)OC)C(F)(F)F. The summed E-state index contributed by atoms with van der Waals surface area (Å²) in [4.78, 5) is 22.0. The molecule has 1 atom stereocenters. The van der Waals surface area contributed by atoms with Gasteiger partial charge in [0.2, 0.25) is 0 Å². The molecule has 1 N–H and O–H groups in total. The molecule has 0 aromatic rings. The minimum Gasteiger partial charge on any atom is -0.466 e. The maximum absolute atomic E-state index is 12.7. The Hall–Kier alpha value is -1.73. The van der Waals surface area contributed by atoms with E-state index in [-0.39, 0.29) is 12.3 Å². The second-order valence-corrected chi connectivity index (χ2v) is 3.60. The van der Waals surface area contributed by atoms with Gasteiger partial charge in [0.15, 0.2) is 0 Å². The molecule has 0 fully saturated rings. The Morgan fingerprint density at radius 2 is 1.95 bits per heavy atom. The van der Waals surface area contributed by atoms with Crippen LogP contribution in [0.5, 0.6) is 0 Å². The average molecular weight is 283 g/mol. The molecule has 1 unspecified atom stereocenters. The summed E-state index contributed by atoms with van der Waals surface area (Å²) in [7, 11) is 1.10. The van der Waals surface area contributed by atoms with Crippen molar-refractivity contribution < 1.29 is 32.2 Å². The number of rotatable bonds is 6. The van der Waals surface area contributed by atoms with Crippen molar-refractivity contribution in [1.82, 2.24) is 5.32 Å². The van der Waals surface area contributed by atoms with Crippen molar-refractivity contribution in [3.05, 3.63) is 11.8 Å². The van der Waals surface area contributed by atoms with Crippen molar-refractivity contribution in [2.45, 2.75) is 32.5 Å². The van der Waals surface area contributed by atoms with Gasteiger partial charge in [0.05, 0.1) is 20.1 Å². The van der Waals surface area contributed by atoms with Gasteiger partial charge in [-0.05, 0) is 13.8 Å². The Morgan fingerprint density at radius 1 is 1.37 bits per heavy atom. The minimum atomic E-state index is -4.64. The Bertz CT molecular complexity index is 352. The quantitative estimate of drug-likeness (QED) is 0.591. The predicted octanol–water partition coefficient (Wildman–Crippen LogP) is 1.54. The molecule has 0 aromatic heterocycles. The third-order valence-corrected chi connectivity index (χ3v) is 2.01. The van der Waals surface area contributed by atoms with E-state index in [4.69, 9.17) is 0 Å². The van der Waals surface area contributed by atoms with Crippen molar-refractivity contribution in [3.63, 3.8) is 0 Å². The van der Waals surface area contributed by atoms with Crippen molar-refractivity contribution in [2.75, 3.05) is 13.7 Å². The second-order valence-electron chi connectivity index (χ2n) is 3.60. The van der Waals surface area contributed by atoms with Gasteiger partial charge in [-0.25, -0.2) is 4.79 Å². The summed E-state index contributed by atoms with van der Waals surface area (Å²) in [6.07, 6.45) is -4.65. The van der Waals surface area contributed by atoms with Crippen LogP contribution in [0.25, 0.3) is 0 Å². The number of esters is 2. The maximum Gasteiger partial charge on any atom is 0.409 e. The Labute approximate surface area is 108 Å². The second kappa shape index (κ2) is 7.65. The molecule has 0 saturated carbocycles. The van der Waals surface area contributed by atoms with E-state index in [1.54, 1.807) is 0 Å². The average Bonchev–Trinajstić information content (AvgIpc) is 2.26. The lowest BCUT2D eigenvalue weighted by Crippen LogP contribution is -2.43. The number of carbonyl (C=O) groups excluding carboxylic acids is 2. The molecule has 5 nitrogen and oxygen atoms in total. The van der Waals surface area contributed by atoms with E-state index in [9.17, 15) is 22.8 Å². The van der Waals surface area contributed by atoms with Crippen molar-refractivity contribution in [2.24, 2.45) is 0 Å². The molecule has 0 aliphatic heterocycles. The first-order valence-electron chi connectivity index (χ1n) is 5.45. The number of methoxy groups -OCH3 is 1. The summed E-state index contributed by atoms with van der Waals surface area (Å²) >= 11 is 0. The Kier molecular flexibility index (Phi) is 6.95. The summed E-state index contributed by atoms with van der Waals surface area (Å²) in [5.74, 6) is -1.76. The van der Waals surface area contributed by atoms with E-state index in [0.29, 0.717) is 0 Å². The van der Waals surface area contributed by atoms with E-state index < -0.39 is 30.6 Å². The number of ether oxygens (including phenoxy) is 2. The lowest BCUT2D eigenvalue weighted by molar-refractivity contribution is -0.168. The van der Waals surface area contributed by atoms with Crippen molar-refractivity contribution in [1.29, 1.82) is 0 Å². The normalized spacial score (nSPS) is 13.7. The number of carbonyl (C=O) groups is 2. The first-order chi connectivity index (χ1) is 8.70. The molecule has 0 saturated heterocycles. The Balaban J connectivity index is 4.75. The van der Waals surface area contributed by atoms with Gasteiger partial charge < -0.3 is 14.8 Å². The fourth-order valence-electron chi connectivity index (χ4n) is 1.19. The molecule has 0 aliphatic carbocycles. The molecule has 0 rings (SSSR count). The lowest BCUT2D eigenvalue weighted by Gasteiger charge is -2.22. The summed E-state index contributed by atoms with van der Waals surface area (Å²) in [6, 6.07) is -2.12. The zero-order valence-corrected chi connectivity index (χ0v) is 10.8. The van der Waals surface area contributed by atoms with Crippen LogP contribution in [0.4, 0.5) is 13.2 Å².